The van der Waals surface area contributed by atoms with Crippen molar-refractivity contribution in [2.24, 2.45) is 16.5 Å². The molecule has 0 aliphatic carbocycles. The Hall–Kier alpha value is -2.36. The molecular formula is C19H20N4S2. The molecule has 1 aromatic carbocycles. The Balaban J connectivity index is 2.70. The number of allylic oxidation sites excluding steroid dienone is 2. The molecule has 2 rings (SSSR count). The van der Waals surface area contributed by atoms with Crippen molar-refractivity contribution >= 4 is 29.4 Å². The van der Waals surface area contributed by atoms with Gasteiger partial charge in [0, 0.05) is 21.6 Å². The van der Waals surface area contributed by atoms with Gasteiger partial charge in [-0.1, -0.05) is 42.6 Å². The molecule has 0 saturated heterocycles. The molecule has 1 aliphatic rings. The summed E-state index contributed by atoms with van der Waals surface area (Å²) in [5.41, 5.74) is 14.7. The lowest BCUT2D eigenvalue weighted by Crippen LogP contribution is -2.27. The normalized spacial score (nSPS) is 19.2. The summed E-state index contributed by atoms with van der Waals surface area (Å²) in [7, 11) is 0. The number of benzene rings is 1. The lowest BCUT2D eigenvalue weighted by Gasteiger charge is -2.27. The molecule has 6 heteroatoms. The van der Waals surface area contributed by atoms with E-state index in [0.29, 0.717) is 27.6 Å². The van der Waals surface area contributed by atoms with Crippen LogP contribution in [0.25, 0.3) is 0 Å². The molecule has 0 fully saturated rings. The molecule has 4 nitrogen and oxygen atoms in total. The third-order valence-corrected chi connectivity index (χ3v) is 5.44. The summed E-state index contributed by atoms with van der Waals surface area (Å²) in [6.45, 7) is 5.98. The van der Waals surface area contributed by atoms with Gasteiger partial charge in [-0.15, -0.1) is 11.8 Å². The van der Waals surface area contributed by atoms with E-state index in [0.717, 1.165) is 10.5 Å². The zero-order chi connectivity index (χ0) is 18.4. The van der Waals surface area contributed by atoms with E-state index in [2.05, 4.69) is 17.6 Å². The minimum atomic E-state index is -0.353. The molecule has 1 aliphatic heterocycles. The fraction of sp³-hybridized carbons (Fsp3) is 0.158. The Morgan fingerprint density at radius 2 is 2.12 bits per heavy atom. The summed E-state index contributed by atoms with van der Waals surface area (Å²) in [4.78, 5) is 6.16. The van der Waals surface area contributed by atoms with Gasteiger partial charge in [0.1, 0.15) is 5.84 Å². The fourth-order valence-electron chi connectivity index (χ4n) is 2.63. The smallest absolute Gasteiger partial charge is 0.129 e. The van der Waals surface area contributed by atoms with Crippen LogP contribution in [0.1, 0.15) is 18.4 Å². The van der Waals surface area contributed by atoms with Crippen LogP contribution in [0.2, 0.25) is 0 Å². The molecule has 0 radical (unpaired) electrons. The second-order valence-electron chi connectivity index (χ2n) is 5.18. The van der Waals surface area contributed by atoms with E-state index in [9.17, 15) is 5.26 Å². The van der Waals surface area contributed by atoms with Gasteiger partial charge in [-0.2, -0.15) is 5.26 Å². The van der Waals surface area contributed by atoms with Gasteiger partial charge < -0.3 is 11.5 Å². The average molecular weight is 369 g/mol. The number of nitrogens with two attached hydrogens (primary N) is 2. The highest BCUT2D eigenvalue weighted by atomic mass is 32.2. The lowest BCUT2D eigenvalue weighted by atomic mass is 9.82. The van der Waals surface area contributed by atoms with Crippen molar-refractivity contribution < 1.29 is 0 Å². The molecule has 1 unspecified atom stereocenters. The van der Waals surface area contributed by atoms with Crippen LogP contribution in [0.3, 0.4) is 0 Å². The van der Waals surface area contributed by atoms with Crippen LogP contribution in [0.4, 0.5) is 0 Å². The van der Waals surface area contributed by atoms with Crippen molar-refractivity contribution in [2.75, 3.05) is 6.26 Å². The van der Waals surface area contributed by atoms with E-state index in [1.165, 1.54) is 18.0 Å². The SMILES string of the molecule is C=C(S/C=C\C)C1=C(C#N)C(c2ccccc2SC)/C(=C/N)C(N)=N1. The average Bonchev–Trinajstić information content (AvgIpc) is 2.64. The predicted octanol–water partition coefficient (Wildman–Crippen LogP) is 4.26. The summed E-state index contributed by atoms with van der Waals surface area (Å²) in [6.07, 6.45) is 5.35. The van der Waals surface area contributed by atoms with Gasteiger partial charge >= 0.3 is 0 Å². The first-order valence-corrected chi connectivity index (χ1v) is 9.70. The molecule has 0 saturated carbocycles. The number of rotatable bonds is 5. The molecule has 25 heavy (non-hydrogen) atoms. The van der Waals surface area contributed by atoms with E-state index >= 15 is 0 Å². The third-order valence-electron chi connectivity index (χ3n) is 3.74. The standard InChI is InChI=1S/C19H20N4S2/c1-4-9-25-12(2)18-14(10-20)17(15(11-21)19(22)23-18)13-7-5-6-8-16(13)24-3/h4-9,11,17H,2,21H2,1,3H3,(H2,22,23)/b9-4-,15-11-. The molecule has 1 atom stereocenters. The molecular weight excluding hydrogens is 348 g/mol. The number of aliphatic imine (C=N–C) groups is 1. The topological polar surface area (TPSA) is 88.2 Å². The van der Waals surface area contributed by atoms with Gasteiger partial charge in [0.05, 0.1) is 23.3 Å². The maximum atomic E-state index is 9.87. The highest BCUT2D eigenvalue weighted by Gasteiger charge is 2.32. The van der Waals surface area contributed by atoms with Crippen LogP contribution in [-0.4, -0.2) is 12.1 Å². The largest absolute Gasteiger partial charge is 0.404 e. The van der Waals surface area contributed by atoms with Gasteiger partial charge in [-0.3, -0.25) is 0 Å². The van der Waals surface area contributed by atoms with Crippen LogP contribution < -0.4 is 11.5 Å². The molecule has 128 valence electrons. The molecule has 0 bridgehead atoms. The summed E-state index contributed by atoms with van der Waals surface area (Å²) in [5.74, 6) is -0.0336. The Morgan fingerprint density at radius 3 is 2.72 bits per heavy atom. The Morgan fingerprint density at radius 1 is 1.40 bits per heavy atom. The number of hydrogen-bond acceptors (Lipinski definition) is 6. The van der Waals surface area contributed by atoms with E-state index in [-0.39, 0.29) is 5.92 Å². The highest BCUT2D eigenvalue weighted by Crippen LogP contribution is 2.43. The minimum Gasteiger partial charge on any atom is -0.404 e. The number of hydrogen-bond donors (Lipinski definition) is 2. The van der Waals surface area contributed by atoms with Crippen LogP contribution >= 0.6 is 23.5 Å². The zero-order valence-electron chi connectivity index (χ0n) is 14.2. The molecule has 0 amide bonds. The maximum Gasteiger partial charge on any atom is 0.129 e. The van der Waals surface area contributed by atoms with E-state index < -0.39 is 0 Å². The monoisotopic (exact) mass is 368 g/mol. The summed E-state index contributed by atoms with van der Waals surface area (Å²) in [5, 5.41) is 11.8. The lowest BCUT2D eigenvalue weighted by molar-refractivity contribution is 0.918. The first kappa shape index (κ1) is 19.0. The Labute approximate surface area is 157 Å². The molecule has 4 N–H and O–H groups in total. The van der Waals surface area contributed by atoms with Crippen LogP contribution in [-0.2, 0) is 0 Å². The van der Waals surface area contributed by atoms with Gasteiger partial charge in [0.25, 0.3) is 0 Å². The van der Waals surface area contributed by atoms with Crippen molar-refractivity contribution in [1.29, 1.82) is 5.26 Å². The number of amidine groups is 1. The Bertz CT molecular complexity index is 841. The van der Waals surface area contributed by atoms with E-state index in [4.69, 9.17) is 11.5 Å². The van der Waals surface area contributed by atoms with Gasteiger partial charge in [0.15, 0.2) is 0 Å². The predicted molar refractivity (Wildman–Crippen MR) is 109 cm³/mol. The van der Waals surface area contributed by atoms with Crippen molar-refractivity contribution in [3.63, 3.8) is 0 Å². The maximum absolute atomic E-state index is 9.87. The minimum absolute atomic E-state index is 0.319. The second kappa shape index (κ2) is 8.65. The number of nitrogens with zero attached hydrogens (tertiary/aromatic N) is 2. The van der Waals surface area contributed by atoms with Gasteiger partial charge in [-0.05, 0) is 30.2 Å². The molecule has 1 heterocycles. The third kappa shape index (κ3) is 3.84. The van der Waals surface area contributed by atoms with Crippen molar-refractivity contribution in [2.45, 2.75) is 17.7 Å². The number of nitriles is 1. The Kier molecular flexibility index (Phi) is 6.57. The van der Waals surface area contributed by atoms with Gasteiger partial charge in [0.2, 0.25) is 0 Å². The van der Waals surface area contributed by atoms with E-state index in [1.54, 1.807) is 11.8 Å². The summed E-state index contributed by atoms with van der Waals surface area (Å²) in [6, 6.07) is 10.2. The van der Waals surface area contributed by atoms with Crippen LogP contribution in [0.15, 0.2) is 80.2 Å². The zero-order valence-corrected chi connectivity index (χ0v) is 15.8. The molecule has 1 aromatic rings. The van der Waals surface area contributed by atoms with Crippen LogP contribution in [0, 0.1) is 11.3 Å². The van der Waals surface area contributed by atoms with E-state index in [1.807, 2.05) is 48.9 Å². The van der Waals surface area contributed by atoms with Crippen molar-refractivity contribution in [3.05, 3.63) is 75.8 Å². The van der Waals surface area contributed by atoms with Crippen LogP contribution in [0.5, 0.6) is 0 Å². The quantitative estimate of drug-likeness (QED) is 0.758. The first-order chi connectivity index (χ1) is 12.1. The summed E-state index contributed by atoms with van der Waals surface area (Å²) >= 11 is 3.04. The first-order valence-electron chi connectivity index (χ1n) is 7.59. The fourth-order valence-corrected chi connectivity index (χ4v) is 3.83. The second-order valence-corrected chi connectivity index (χ2v) is 7.03. The van der Waals surface area contributed by atoms with Crippen molar-refractivity contribution in [3.8, 4) is 6.07 Å². The van der Waals surface area contributed by atoms with Crippen molar-refractivity contribution in [1.82, 2.24) is 0 Å². The van der Waals surface area contributed by atoms with Gasteiger partial charge in [-0.25, -0.2) is 4.99 Å². The highest BCUT2D eigenvalue weighted by molar-refractivity contribution is 8.06. The summed E-state index contributed by atoms with van der Waals surface area (Å²) < 4.78 is 0. The molecule has 0 spiro atoms. The number of thioether (sulfide) groups is 2. The molecule has 0 aromatic heterocycles.